The van der Waals surface area contributed by atoms with Crippen LogP contribution in [0.1, 0.15) is 11.1 Å². The third-order valence-corrected chi connectivity index (χ3v) is 3.38. The molecule has 3 aromatic rings. The van der Waals surface area contributed by atoms with E-state index in [0.717, 1.165) is 27.2 Å². The van der Waals surface area contributed by atoms with E-state index >= 15 is 0 Å². The van der Waals surface area contributed by atoms with Crippen LogP contribution in [0.4, 0.5) is 0 Å². The van der Waals surface area contributed by atoms with Gasteiger partial charge in [-0.25, -0.2) is 0 Å². The highest BCUT2D eigenvalue weighted by Gasteiger charge is 2.04. The number of ether oxygens (including phenoxy) is 1. The van der Waals surface area contributed by atoms with E-state index in [9.17, 15) is 0 Å². The van der Waals surface area contributed by atoms with Crippen LogP contribution in [0.3, 0.4) is 0 Å². The second-order valence-corrected chi connectivity index (χ2v) is 5.04. The van der Waals surface area contributed by atoms with Crippen molar-refractivity contribution in [2.45, 2.75) is 13.5 Å². The number of hydrogen-bond acceptors (Lipinski definition) is 1. The molecule has 0 atom stereocenters. The number of hydrogen-bond donors (Lipinski definition) is 1. The first-order valence-corrected chi connectivity index (χ1v) is 6.55. The molecule has 3 heteroatoms. The van der Waals surface area contributed by atoms with Crippen molar-refractivity contribution in [2.24, 2.45) is 0 Å². The monoisotopic (exact) mass is 271 g/mol. The zero-order valence-electron chi connectivity index (χ0n) is 10.6. The lowest BCUT2D eigenvalue weighted by Gasteiger charge is -2.05. The number of aryl methyl sites for hydroxylation is 1. The van der Waals surface area contributed by atoms with E-state index in [2.05, 4.69) is 11.9 Å². The van der Waals surface area contributed by atoms with Gasteiger partial charge in [0.2, 0.25) is 0 Å². The second kappa shape index (κ2) is 4.98. The van der Waals surface area contributed by atoms with E-state index in [1.165, 1.54) is 5.56 Å². The van der Waals surface area contributed by atoms with Gasteiger partial charge in [-0.1, -0.05) is 35.4 Å². The Morgan fingerprint density at radius 3 is 2.68 bits per heavy atom. The molecular weight excluding hydrogens is 258 g/mol. The minimum absolute atomic E-state index is 0.546. The molecule has 0 bridgehead atoms. The molecule has 0 saturated heterocycles. The van der Waals surface area contributed by atoms with Gasteiger partial charge in [-0.3, -0.25) is 0 Å². The molecule has 96 valence electrons. The van der Waals surface area contributed by atoms with Crippen molar-refractivity contribution in [3.63, 3.8) is 0 Å². The van der Waals surface area contributed by atoms with E-state index < -0.39 is 0 Å². The summed E-state index contributed by atoms with van der Waals surface area (Å²) in [6.07, 6.45) is 1.97. The third-order valence-electron chi connectivity index (χ3n) is 3.14. The van der Waals surface area contributed by atoms with Crippen molar-refractivity contribution in [1.29, 1.82) is 0 Å². The first-order chi connectivity index (χ1) is 9.22. The molecule has 0 aliphatic rings. The lowest BCUT2D eigenvalue weighted by molar-refractivity contribution is 0.307. The maximum absolute atomic E-state index is 5.96. The summed E-state index contributed by atoms with van der Waals surface area (Å²) in [5.74, 6) is 0.883. The van der Waals surface area contributed by atoms with Gasteiger partial charge in [0.05, 0.1) is 0 Å². The van der Waals surface area contributed by atoms with Crippen molar-refractivity contribution in [2.75, 3.05) is 0 Å². The van der Waals surface area contributed by atoms with E-state index in [4.69, 9.17) is 16.3 Å². The number of rotatable bonds is 3. The van der Waals surface area contributed by atoms with Gasteiger partial charge in [0.1, 0.15) is 12.4 Å². The second-order valence-electron chi connectivity index (χ2n) is 4.61. The molecule has 0 aliphatic carbocycles. The number of benzene rings is 2. The predicted molar refractivity (Wildman–Crippen MR) is 78.8 cm³/mol. The fourth-order valence-electron chi connectivity index (χ4n) is 2.07. The van der Waals surface area contributed by atoms with Crippen LogP contribution in [-0.4, -0.2) is 4.98 Å². The van der Waals surface area contributed by atoms with Crippen LogP contribution in [0.5, 0.6) is 5.75 Å². The summed E-state index contributed by atoms with van der Waals surface area (Å²) in [6, 6.07) is 13.9. The average Bonchev–Trinajstić information content (AvgIpc) is 2.80. The Bertz CT molecular complexity index is 700. The minimum Gasteiger partial charge on any atom is -0.489 e. The van der Waals surface area contributed by atoms with Gasteiger partial charge >= 0.3 is 0 Å². The highest BCUT2D eigenvalue weighted by atomic mass is 35.5. The minimum atomic E-state index is 0.546. The fraction of sp³-hybridized carbons (Fsp3) is 0.125. The van der Waals surface area contributed by atoms with Crippen LogP contribution in [0.2, 0.25) is 5.02 Å². The Balaban J connectivity index is 1.80. The summed E-state index contributed by atoms with van der Waals surface area (Å²) in [7, 11) is 0. The molecular formula is C16H14ClNO. The number of aromatic amines is 1. The molecule has 19 heavy (non-hydrogen) atoms. The molecule has 1 heterocycles. The largest absolute Gasteiger partial charge is 0.489 e. The summed E-state index contributed by atoms with van der Waals surface area (Å²) in [5, 5.41) is 1.89. The summed E-state index contributed by atoms with van der Waals surface area (Å²) >= 11 is 5.96. The SMILES string of the molecule is Cc1ccc(OCc2c[nH]c3cc(Cl)ccc23)cc1. The Morgan fingerprint density at radius 2 is 1.89 bits per heavy atom. The predicted octanol–water partition coefficient (Wildman–Crippen LogP) is 4.71. The maximum Gasteiger partial charge on any atom is 0.119 e. The molecule has 2 nitrogen and oxygen atoms in total. The smallest absolute Gasteiger partial charge is 0.119 e. The highest BCUT2D eigenvalue weighted by molar-refractivity contribution is 6.31. The fourth-order valence-corrected chi connectivity index (χ4v) is 2.25. The van der Waals surface area contributed by atoms with Gasteiger partial charge in [0.15, 0.2) is 0 Å². The van der Waals surface area contributed by atoms with Gasteiger partial charge in [-0.05, 0) is 31.2 Å². The number of nitrogens with one attached hydrogen (secondary N) is 1. The zero-order chi connectivity index (χ0) is 13.2. The average molecular weight is 272 g/mol. The quantitative estimate of drug-likeness (QED) is 0.733. The molecule has 1 aromatic heterocycles. The van der Waals surface area contributed by atoms with Gasteiger partial charge in [0.25, 0.3) is 0 Å². The van der Waals surface area contributed by atoms with Crippen LogP contribution in [0.15, 0.2) is 48.7 Å². The lowest BCUT2D eigenvalue weighted by Crippen LogP contribution is -1.94. The van der Waals surface area contributed by atoms with Gasteiger partial charge in [-0.15, -0.1) is 0 Å². The first-order valence-electron chi connectivity index (χ1n) is 6.17. The Labute approximate surface area is 117 Å². The van der Waals surface area contributed by atoms with E-state index in [1.807, 2.05) is 48.7 Å². The Hall–Kier alpha value is -1.93. The van der Waals surface area contributed by atoms with E-state index in [-0.39, 0.29) is 0 Å². The van der Waals surface area contributed by atoms with Crippen LogP contribution in [0.25, 0.3) is 10.9 Å². The molecule has 0 unspecified atom stereocenters. The molecule has 2 aromatic carbocycles. The van der Waals surface area contributed by atoms with Crippen LogP contribution in [-0.2, 0) is 6.61 Å². The van der Waals surface area contributed by atoms with Crippen molar-refractivity contribution in [1.82, 2.24) is 4.98 Å². The van der Waals surface area contributed by atoms with Crippen molar-refractivity contribution >= 4 is 22.5 Å². The number of aromatic nitrogens is 1. The number of halogens is 1. The summed E-state index contributed by atoms with van der Waals surface area (Å²) < 4.78 is 5.79. The standard InChI is InChI=1S/C16H14ClNO/c1-11-2-5-14(6-3-11)19-10-12-9-18-16-8-13(17)4-7-15(12)16/h2-9,18H,10H2,1H3. The molecule has 0 radical (unpaired) electrons. The zero-order valence-corrected chi connectivity index (χ0v) is 11.4. The molecule has 0 spiro atoms. The third kappa shape index (κ3) is 2.59. The molecule has 0 aliphatic heterocycles. The first kappa shape index (κ1) is 12.1. The Kier molecular flexibility index (Phi) is 3.18. The van der Waals surface area contributed by atoms with Crippen molar-refractivity contribution < 1.29 is 4.74 Å². The number of H-pyrrole nitrogens is 1. The molecule has 0 amide bonds. The van der Waals surface area contributed by atoms with Crippen molar-refractivity contribution in [3.8, 4) is 5.75 Å². The molecule has 0 saturated carbocycles. The molecule has 1 N–H and O–H groups in total. The van der Waals surface area contributed by atoms with Crippen LogP contribution >= 0.6 is 11.6 Å². The maximum atomic E-state index is 5.96. The van der Waals surface area contributed by atoms with E-state index in [1.54, 1.807) is 0 Å². The summed E-state index contributed by atoms with van der Waals surface area (Å²) in [5.41, 5.74) is 3.40. The molecule has 0 fully saturated rings. The summed E-state index contributed by atoms with van der Waals surface area (Å²) in [6.45, 7) is 2.61. The van der Waals surface area contributed by atoms with Gasteiger partial charge in [-0.2, -0.15) is 0 Å². The number of fused-ring (bicyclic) bond motifs is 1. The van der Waals surface area contributed by atoms with Gasteiger partial charge < -0.3 is 9.72 Å². The van der Waals surface area contributed by atoms with Crippen molar-refractivity contribution in [3.05, 3.63) is 64.8 Å². The normalized spacial score (nSPS) is 10.8. The highest BCUT2D eigenvalue weighted by Crippen LogP contribution is 2.23. The van der Waals surface area contributed by atoms with Gasteiger partial charge in [0, 0.05) is 27.7 Å². The van der Waals surface area contributed by atoms with E-state index in [0.29, 0.717) is 6.61 Å². The van der Waals surface area contributed by atoms with Crippen LogP contribution in [0, 0.1) is 6.92 Å². The Morgan fingerprint density at radius 1 is 1.11 bits per heavy atom. The summed E-state index contributed by atoms with van der Waals surface area (Å²) in [4.78, 5) is 3.21. The molecule has 3 rings (SSSR count). The van der Waals surface area contributed by atoms with Crippen LogP contribution < -0.4 is 4.74 Å². The topological polar surface area (TPSA) is 25.0 Å². The lowest BCUT2D eigenvalue weighted by atomic mass is 10.2.